The molecule has 5 aromatic rings. The van der Waals surface area contributed by atoms with Gasteiger partial charge in [0.2, 0.25) is 16.0 Å². The quantitative estimate of drug-likeness (QED) is 0.108. The van der Waals surface area contributed by atoms with Crippen LogP contribution in [0.5, 0.6) is 0 Å². The van der Waals surface area contributed by atoms with Gasteiger partial charge in [0.1, 0.15) is 0 Å². The minimum atomic E-state index is -3.55. The Hall–Kier alpha value is -5.46. The molecule has 0 saturated carbocycles. The largest absolute Gasteiger partial charge is 0.324 e. The van der Waals surface area contributed by atoms with Crippen LogP contribution in [-0.4, -0.2) is 41.8 Å². The van der Waals surface area contributed by atoms with E-state index in [4.69, 9.17) is 9.97 Å². The zero-order valence-electron chi connectivity index (χ0n) is 24.4. The molecule has 0 aliphatic carbocycles. The highest BCUT2D eigenvalue weighted by Crippen LogP contribution is 2.35. The van der Waals surface area contributed by atoms with Crippen molar-refractivity contribution in [3.63, 3.8) is 0 Å². The number of hydrogen-bond acceptors (Lipinski definition) is 10. The van der Waals surface area contributed by atoms with E-state index in [0.717, 1.165) is 28.1 Å². The van der Waals surface area contributed by atoms with Crippen molar-refractivity contribution >= 4 is 44.7 Å². The zero-order chi connectivity index (χ0) is 30.9. The van der Waals surface area contributed by atoms with E-state index in [1.54, 1.807) is 24.5 Å². The van der Waals surface area contributed by atoms with Gasteiger partial charge in [-0.05, 0) is 68.4 Å². The monoisotopic (exact) mass is 605 g/mol. The molecule has 0 unspecified atom stereocenters. The predicted octanol–water partition coefficient (Wildman–Crippen LogP) is 5.86. The van der Waals surface area contributed by atoms with Gasteiger partial charge in [-0.1, -0.05) is 60.7 Å². The van der Waals surface area contributed by atoms with E-state index in [2.05, 4.69) is 36.1 Å². The molecular formula is C32H31N9O2S. The van der Waals surface area contributed by atoms with Crippen LogP contribution < -0.4 is 20.9 Å². The SMILES string of the molecule is CNS(=O)(=O)c1ccc(C(C)=NNc2nc(Nc3ccccc3)nc(NN=C(C)c3ccncc3)c2-c2ccccc2)cc1. The Labute approximate surface area is 256 Å². The van der Waals surface area contributed by atoms with Crippen LogP contribution in [0.15, 0.2) is 125 Å². The van der Waals surface area contributed by atoms with Gasteiger partial charge in [0.05, 0.1) is 21.9 Å². The number of para-hydroxylation sites is 1. The number of pyridine rings is 1. The van der Waals surface area contributed by atoms with E-state index in [1.165, 1.54) is 19.2 Å². The lowest BCUT2D eigenvalue weighted by Crippen LogP contribution is -2.18. The second-order valence-corrected chi connectivity index (χ2v) is 11.4. The summed E-state index contributed by atoms with van der Waals surface area (Å²) in [7, 11) is -2.17. The third kappa shape index (κ3) is 7.30. The Morgan fingerprint density at radius 1 is 0.682 bits per heavy atom. The predicted molar refractivity (Wildman–Crippen MR) is 176 cm³/mol. The van der Waals surface area contributed by atoms with E-state index >= 15 is 0 Å². The molecule has 2 heterocycles. The van der Waals surface area contributed by atoms with Gasteiger partial charge in [-0.15, -0.1) is 0 Å². The Kier molecular flexibility index (Phi) is 9.33. The molecule has 0 saturated heterocycles. The van der Waals surface area contributed by atoms with Crippen LogP contribution in [0.3, 0.4) is 0 Å². The maximum Gasteiger partial charge on any atom is 0.240 e. The lowest BCUT2D eigenvalue weighted by molar-refractivity contribution is 0.588. The fraction of sp³-hybridized carbons (Fsp3) is 0.0938. The second-order valence-electron chi connectivity index (χ2n) is 9.56. The summed E-state index contributed by atoms with van der Waals surface area (Å²) in [6.07, 6.45) is 3.43. The summed E-state index contributed by atoms with van der Waals surface area (Å²) in [5, 5.41) is 12.5. The maximum absolute atomic E-state index is 12.1. The molecular weight excluding hydrogens is 574 g/mol. The first kappa shape index (κ1) is 30.0. The average Bonchev–Trinajstić information content (AvgIpc) is 3.07. The summed E-state index contributed by atoms with van der Waals surface area (Å²) in [4.78, 5) is 13.8. The molecule has 0 atom stereocenters. The van der Waals surface area contributed by atoms with Crippen LogP contribution in [0.4, 0.5) is 23.3 Å². The van der Waals surface area contributed by atoms with Crippen molar-refractivity contribution in [3.05, 3.63) is 121 Å². The van der Waals surface area contributed by atoms with Gasteiger partial charge in [0.15, 0.2) is 11.6 Å². The van der Waals surface area contributed by atoms with Gasteiger partial charge in [-0.25, -0.2) is 13.1 Å². The van der Waals surface area contributed by atoms with Crippen molar-refractivity contribution in [2.45, 2.75) is 18.7 Å². The number of rotatable bonds is 11. The summed E-state index contributed by atoms with van der Waals surface area (Å²) in [5.41, 5.74) is 11.6. The Bertz CT molecular complexity index is 1880. The summed E-state index contributed by atoms with van der Waals surface area (Å²) < 4.78 is 26.6. The van der Waals surface area contributed by atoms with Gasteiger partial charge in [0.25, 0.3) is 0 Å². The molecule has 0 radical (unpaired) electrons. The smallest absolute Gasteiger partial charge is 0.240 e. The molecule has 44 heavy (non-hydrogen) atoms. The van der Waals surface area contributed by atoms with Gasteiger partial charge in [0, 0.05) is 23.6 Å². The molecule has 12 heteroatoms. The van der Waals surface area contributed by atoms with Gasteiger partial charge < -0.3 is 5.32 Å². The standard InChI is InChI=1S/C32H31N9O2S/c1-22(24-14-16-28(17-15-24)44(42,43)33-3)38-40-30-29(26-10-6-4-7-11-26)31(41-39-23(2)25-18-20-34-21-19-25)37-32(36-30)35-27-12-8-5-9-13-27/h4-21,33H,1-3H3,(H3,35,36,37,40,41). The molecule has 0 bridgehead atoms. The van der Waals surface area contributed by atoms with Crippen LogP contribution in [0.1, 0.15) is 25.0 Å². The number of aromatic nitrogens is 3. The molecule has 11 nitrogen and oxygen atoms in total. The summed E-state index contributed by atoms with van der Waals surface area (Å²) in [6.45, 7) is 3.72. The van der Waals surface area contributed by atoms with Crippen LogP contribution in [0, 0.1) is 0 Å². The molecule has 0 fully saturated rings. The van der Waals surface area contributed by atoms with Crippen molar-refractivity contribution in [1.82, 2.24) is 19.7 Å². The molecule has 3 aromatic carbocycles. The van der Waals surface area contributed by atoms with Crippen molar-refractivity contribution in [2.24, 2.45) is 10.2 Å². The first-order valence-corrected chi connectivity index (χ1v) is 15.2. The van der Waals surface area contributed by atoms with Gasteiger partial charge in [-0.2, -0.15) is 20.2 Å². The van der Waals surface area contributed by atoms with Crippen LogP contribution in [0.25, 0.3) is 11.1 Å². The highest BCUT2D eigenvalue weighted by Gasteiger charge is 2.18. The van der Waals surface area contributed by atoms with Crippen molar-refractivity contribution in [3.8, 4) is 11.1 Å². The topological polar surface area (TPSA) is 146 Å². The van der Waals surface area contributed by atoms with Gasteiger partial charge >= 0.3 is 0 Å². The first-order valence-electron chi connectivity index (χ1n) is 13.7. The lowest BCUT2D eigenvalue weighted by Gasteiger charge is -2.16. The minimum Gasteiger partial charge on any atom is -0.324 e. The van der Waals surface area contributed by atoms with E-state index in [1.807, 2.05) is 86.6 Å². The number of hydrogen-bond donors (Lipinski definition) is 4. The number of benzene rings is 3. The molecule has 4 N–H and O–H groups in total. The van der Waals surface area contributed by atoms with Gasteiger partial charge in [-0.3, -0.25) is 15.8 Å². The number of nitrogens with one attached hydrogen (secondary N) is 4. The summed E-state index contributed by atoms with van der Waals surface area (Å²) in [5.74, 6) is 1.21. The highest BCUT2D eigenvalue weighted by molar-refractivity contribution is 7.89. The minimum absolute atomic E-state index is 0.168. The Morgan fingerprint density at radius 2 is 1.20 bits per heavy atom. The van der Waals surface area contributed by atoms with Crippen LogP contribution in [-0.2, 0) is 10.0 Å². The summed E-state index contributed by atoms with van der Waals surface area (Å²) >= 11 is 0. The van der Waals surface area contributed by atoms with E-state index in [-0.39, 0.29) is 4.90 Å². The normalized spacial score (nSPS) is 12.1. The third-order valence-corrected chi connectivity index (χ3v) is 8.04. The number of nitrogens with zero attached hydrogens (tertiary/aromatic N) is 5. The Balaban J connectivity index is 1.57. The molecule has 2 aromatic heterocycles. The lowest BCUT2D eigenvalue weighted by atomic mass is 10.1. The third-order valence-electron chi connectivity index (χ3n) is 6.61. The molecule has 0 aliphatic heterocycles. The van der Waals surface area contributed by atoms with E-state index in [9.17, 15) is 8.42 Å². The second kappa shape index (κ2) is 13.7. The van der Waals surface area contributed by atoms with E-state index < -0.39 is 10.0 Å². The molecule has 0 spiro atoms. The number of anilines is 4. The fourth-order valence-electron chi connectivity index (χ4n) is 4.20. The number of hydrazone groups is 2. The van der Waals surface area contributed by atoms with Crippen molar-refractivity contribution in [1.29, 1.82) is 0 Å². The van der Waals surface area contributed by atoms with E-state index in [0.29, 0.717) is 28.9 Å². The molecule has 0 aliphatic rings. The molecule has 0 amide bonds. The highest BCUT2D eigenvalue weighted by atomic mass is 32.2. The first-order chi connectivity index (χ1) is 21.3. The fourth-order valence-corrected chi connectivity index (χ4v) is 4.93. The molecule has 5 rings (SSSR count). The Morgan fingerprint density at radius 3 is 1.75 bits per heavy atom. The maximum atomic E-state index is 12.1. The zero-order valence-corrected chi connectivity index (χ0v) is 25.2. The van der Waals surface area contributed by atoms with Crippen molar-refractivity contribution < 1.29 is 8.42 Å². The summed E-state index contributed by atoms with van der Waals surface area (Å²) in [6, 6.07) is 29.5. The average molecular weight is 606 g/mol. The number of sulfonamides is 1. The van der Waals surface area contributed by atoms with Crippen LogP contribution >= 0.6 is 0 Å². The van der Waals surface area contributed by atoms with Crippen LogP contribution in [0.2, 0.25) is 0 Å². The van der Waals surface area contributed by atoms with Crippen molar-refractivity contribution in [2.75, 3.05) is 23.2 Å². The molecule has 222 valence electrons.